The van der Waals surface area contributed by atoms with E-state index in [4.69, 9.17) is 19.2 Å². The van der Waals surface area contributed by atoms with Gasteiger partial charge in [0.2, 0.25) is 0 Å². The van der Waals surface area contributed by atoms with Gasteiger partial charge in [0.05, 0.1) is 42.7 Å². The SMILES string of the molecule is C=CCOc1c(I)cc(/C=c2\sc3n(c2=O)[C@H](c2cccc(OC)c2)C(C(=O)OCC)=C(c2ccccc2)N=3)cc1I. The fraction of sp³-hybridized carbons (Fsp3) is 0.156. The number of nitrogens with zero attached hydrogens (tertiary/aromatic N) is 2. The Kier molecular flexibility index (Phi) is 9.63. The molecule has 1 aliphatic rings. The monoisotopic (exact) mass is 804 g/mol. The first-order valence-corrected chi connectivity index (χ1v) is 16.0. The molecular formula is C32H26I2N2O5S. The van der Waals surface area contributed by atoms with Gasteiger partial charge in [-0.05, 0) is 93.6 Å². The zero-order valence-electron chi connectivity index (χ0n) is 22.8. The molecule has 0 saturated carbocycles. The molecule has 0 bridgehead atoms. The first kappa shape index (κ1) is 30.2. The third kappa shape index (κ3) is 6.11. The Balaban J connectivity index is 1.77. The lowest BCUT2D eigenvalue weighted by Gasteiger charge is -2.26. The van der Waals surface area contributed by atoms with Gasteiger partial charge in [-0.3, -0.25) is 9.36 Å². The Morgan fingerprint density at radius 1 is 1.10 bits per heavy atom. The van der Waals surface area contributed by atoms with E-state index in [9.17, 15) is 9.59 Å². The highest BCUT2D eigenvalue weighted by Gasteiger charge is 2.35. The molecule has 1 aromatic heterocycles. The highest BCUT2D eigenvalue weighted by molar-refractivity contribution is 14.1. The van der Waals surface area contributed by atoms with E-state index < -0.39 is 12.0 Å². The number of methoxy groups -OCH3 is 1. The van der Waals surface area contributed by atoms with E-state index in [1.165, 1.54) is 11.3 Å². The van der Waals surface area contributed by atoms with Crippen molar-refractivity contribution in [2.75, 3.05) is 20.3 Å². The van der Waals surface area contributed by atoms with Gasteiger partial charge in [-0.25, -0.2) is 9.79 Å². The van der Waals surface area contributed by atoms with Crippen LogP contribution in [0.4, 0.5) is 0 Å². The Labute approximate surface area is 274 Å². The molecule has 0 saturated heterocycles. The van der Waals surface area contributed by atoms with Crippen molar-refractivity contribution < 1.29 is 19.0 Å². The van der Waals surface area contributed by atoms with E-state index in [2.05, 4.69) is 51.8 Å². The van der Waals surface area contributed by atoms with Gasteiger partial charge >= 0.3 is 5.97 Å². The van der Waals surface area contributed by atoms with Gasteiger partial charge in [0.25, 0.3) is 5.56 Å². The van der Waals surface area contributed by atoms with Gasteiger partial charge in [-0.1, -0.05) is 66.5 Å². The van der Waals surface area contributed by atoms with Crippen molar-refractivity contribution in [3.63, 3.8) is 0 Å². The van der Waals surface area contributed by atoms with E-state index in [0.717, 1.165) is 24.0 Å². The maximum atomic E-state index is 14.1. The number of hydrogen-bond acceptors (Lipinski definition) is 7. The van der Waals surface area contributed by atoms with Gasteiger partial charge < -0.3 is 14.2 Å². The molecular weight excluding hydrogens is 778 g/mol. The first-order valence-electron chi connectivity index (χ1n) is 13.0. The molecule has 0 amide bonds. The molecule has 0 fully saturated rings. The fourth-order valence-corrected chi connectivity index (χ4v) is 7.79. The molecule has 1 aliphatic heterocycles. The smallest absolute Gasteiger partial charge is 0.338 e. The normalized spacial score (nSPS) is 14.7. The van der Waals surface area contributed by atoms with Crippen LogP contribution < -0.4 is 24.4 Å². The van der Waals surface area contributed by atoms with Gasteiger partial charge in [0, 0.05) is 5.56 Å². The second-order valence-corrected chi connectivity index (χ2v) is 12.5. The van der Waals surface area contributed by atoms with Crippen LogP contribution in [0.1, 0.15) is 29.7 Å². The number of thiazole rings is 1. The zero-order chi connectivity index (χ0) is 29.8. The summed E-state index contributed by atoms with van der Waals surface area (Å²) in [6.07, 6.45) is 3.55. The van der Waals surface area contributed by atoms with Crippen LogP contribution in [0.5, 0.6) is 11.5 Å². The summed E-state index contributed by atoms with van der Waals surface area (Å²) < 4.78 is 20.8. The van der Waals surface area contributed by atoms with Crippen molar-refractivity contribution in [3.05, 3.63) is 128 Å². The van der Waals surface area contributed by atoms with Gasteiger partial charge in [0.1, 0.15) is 18.1 Å². The van der Waals surface area contributed by atoms with Crippen LogP contribution in [0.15, 0.2) is 94.7 Å². The number of carbonyl (C=O) groups excluding carboxylic acids is 1. The minimum absolute atomic E-state index is 0.184. The predicted octanol–water partition coefficient (Wildman–Crippen LogP) is 5.72. The molecule has 10 heteroatoms. The number of rotatable bonds is 9. The Morgan fingerprint density at radius 3 is 2.50 bits per heavy atom. The number of aromatic nitrogens is 1. The van der Waals surface area contributed by atoms with Crippen LogP contribution in [0, 0.1) is 7.14 Å². The third-order valence-corrected chi connectivity index (χ3v) is 9.03. The van der Waals surface area contributed by atoms with Gasteiger partial charge in [-0.15, -0.1) is 0 Å². The molecule has 7 nitrogen and oxygen atoms in total. The van der Waals surface area contributed by atoms with Crippen molar-refractivity contribution in [1.29, 1.82) is 0 Å². The molecule has 0 aliphatic carbocycles. The summed E-state index contributed by atoms with van der Waals surface area (Å²) in [7, 11) is 1.58. The number of halogens is 2. The fourth-order valence-electron chi connectivity index (χ4n) is 4.66. The van der Waals surface area contributed by atoms with E-state index >= 15 is 0 Å². The van der Waals surface area contributed by atoms with Crippen molar-refractivity contribution in [2.24, 2.45) is 4.99 Å². The van der Waals surface area contributed by atoms with Crippen LogP contribution >= 0.6 is 56.5 Å². The topological polar surface area (TPSA) is 79.1 Å². The van der Waals surface area contributed by atoms with Crippen molar-refractivity contribution in [3.8, 4) is 11.5 Å². The molecule has 0 unspecified atom stereocenters. The van der Waals surface area contributed by atoms with Gasteiger partial charge in [-0.2, -0.15) is 0 Å². The lowest BCUT2D eigenvalue weighted by atomic mass is 9.93. The van der Waals surface area contributed by atoms with Crippen molar-refractivity contribution in [2.45, 2.75) is 13.0 Å². The summed E-state index contributed by atoms with van der Waals surface area (Å²) in [6, 6.07) is 20.0. The highest BCUT2D eigenvalue weighted by atomic mass is 127. The summed E-state index contributed by atoms with van der Waals surface area (Å²) in [5.41, 5.74) is 2.83. The molecule has 4 aromatic rings. The maximum Gasteiger partial charge on any atom is 0.338 e. The number of fused-ring (bicyclic) bond motifs is 1. The Morgan fingerprint density at radius 2 is 1.83 bits per heavy atom. The Bertz CT molecular complexity index is 1860. The number of hydrogen-bond donors (Lipinski definition) is 0. The standard InChI is InChI=1S/C32H26I2N2O5S/c1-4-14-41-29-23(33)15-19(16-24(29)34)17-25-30(37)36-28(21-12-9-13-22(18-21)39-3)26(31(38)40-5-2)27(35-32(36)42-25)20-10-7-6-8-11-20/h4,6-13,15-18,28H,1,5,14H2,2-3H3/b25-17-/t28-/m1/s1. The minimum Gasteiger partial charge on any atom is -0.497 e. The molecule has 3 aromatic carbocycles. The zero-order valence-corrected chi connectivity index (χ0v) is 27.9. The van der Waals surface area contributed by atoms with Crippen LogP contribution in [0.3, 0.4) is 0 Å². The average Bonchev–Trinajstić information content (AvgIpc) is 3.30. The number of esters is 1. The molecule has 5 rings (SSSR count). The third-order valence-electron chi connectivity index (χ3n) is 6.45. The summed E-state index contributed by atoms with van der Waals surface area (Å²) >= 11 is 5.74. The number of benzene rings is 3. The second-order valence-electron chi connectivity index (χ2n) is 9.12. The lowest BCUT2D eigenvalue weighted by molar-refractivity contribution is -0.138. The quantitative estimate of drug-likeness (QED) is 0.123. The summed E-state index contributed by atoms with van der Waals surface area (Å²) in [4.78, 5) is 33.1. The summed E-state index contributed by atoms with van der Waals surface area (Å²) in [6.45, 7) is 6.06. The van der Waals surface area contributed by atoms with Crippen LogP contribution in [0.2, 0.25) is 0 Å². The highest BCUT2D eigenvalue weighted by Crippen LogP contribution is 2.36. The van der Waals surface area contributed by atoms with Crippen LogP contribution in [-0.2, 0) is 9.53 Å². The molecule has 2 heterocycles. The van der Waals surface area contributed by atoms with Crippen LogP contribution in [0.25, 0.3) is 11.8 Å². The summed E-state index contributed by atoms with van der Waals surface area (Å²) in [5, 5.41) is 0. The largest absolute Gasteiger partial charge is 0.497 e. The summed E-state index contributed by atoms with van der Waals surface area (Å²) in [5.74, 6) is 0.861. The predicted molar refractivity (Wildman–Crippen MR) is 182 cm³/mol. The minimum atomic E-state index is -0.775. The lowest BCUT2D eigenvalue weighted by Crippen LogP contribution is -2.40. The molecule has 214 valence electrons. The first-order chi connectivity index (χ1) is 20.4. The molecule has 0 spiro atoms. The molecule has 42 heavy (non-hydrogen) atoms. The number of carbonyl (C=O) groups is 1. The van der Waals surface area contributed by atoms with E-state index in [1.54, 1.807) is 24.7 Å². The van der Waals surface area contributed by atoms with E-state index in [1.807, 2.05) is 72.8 Å². The molecule has 0 N–H and O–H groups in total. The van der Waals surface area contributed by atoms with Gasteiger partial charge in [0.15, 0.2) is 4.80 Å². The maximum absolute atomic E-state index is 14.1. The molecule has 0 radical (unpaired) electrons. The average molecular weight is 804 g/mol. The second kappa shape index (κ2) is 13.4. The van der Waals surface area contributed by atoms with Crippen molar-refractivity contribution in [1.82, 2.24) is 4.57 Å². The number of ether oxygens (including phenoxy) is 3. The van der Waals surface area contributed by atoms with Crippen LogP contribution in [-0.4, -0.2) is 30.9 Å². The van der Waals surface area contributed by atoms with E-state index in [0.29, 0.717) is 38.5 Å². The van der Waals surface area contributed by atoms with Crippen molar-refractivity contribution >= 4 is 74.3 Å². The Hall–Kier alpha value is -3.23. The van der Waals surface area contributed by atoms with E-state index in [-0.39, 0.29) is 12.2 Å². The molecule has 1 atom stereocenters.